The lowest BCUT2D eigenvalue weighted by atomic mass is 10.1. The molecule has 2 aromatic carbocycles. The third-order valence-electron chi connectivity index (χ3n) is 3.31. The summed E-state index contributed by atoms with van der Waals surface area (Å²) in [5.74, 6) is -1.05. The van der Waals surface area contributed by atoms with E-state index in [1.54, 1.807) is 12.1 Å². The maximum Gasteiger partial charge on any atom is 0.338 e. The van der Waals surface area contributed by atoms with Gasteiger partial charge in [-0.25, -0.2) is 4.79 Å². The molecule has 0 unspecified atom stereocenters. The maximum absolute atomic E-state index is 11.8. The molecule has 0 spiro atoms. The molecule has 0 aliphatic carbocycles. The summed E-state index contributed by atoms with van der Waals surface area (Å²) in [5.41, 5.74) is 1.38. The molecule has 3 aromatic rings. The van der Waals surface area contributed by atoms with E-state index < -0.39 is 18.5 Å². The summed E-state index contributed by atoms with van der Waals surface area (Å²) >= 11 is 0. The van der Waals surface area contributed by atoms with Gasteiger partial charge in [0.25, 0.3) is 5.91 Å². The Bertz CT molecular complexity index is 920. The molecule has 0 aliphatic heterocycles. The van der Waals surface area contributed by atoms with Gasteiger partial charge in [-0.15, -0.1) is 5.10 Å². The summed E-state index contributed by atoms with van der Waals surface area (Å²) < 4.78 is 10.2. The van der Waals surface area contributed by atoms with E-state index in [1.807, 2.05) is 18.2 Å². The molecule has 0 fully saturated rings. The van der Waals surface area contributed by atoms with Crippen molar-refractivity contribution in [1.82, 2.24) is 10.2 Å². The van der Waals surface area contributed by atoms with Crippen molar-refractivity contribution >= 4 is 24.2 Å². The zero-order valence-electron chi connectivity index (χ0n) is 13.4. The molecule has 1 amide bonds. The van der Waals surface area contributed by atoms with Crippen molar-refractivity contribution in [3.63, 3.8) is 0 Å². The van der Waals surface area contributed by atoms with E-state index in [0.717, 1.165) is 0 Å². The normalized spacial score (nSPS) is 10.2. The Kier molecular flexibility index (Phi) is 5.14. The Morgan fingerprint density at radius 1 is 1.04 bits per heavy atom. The van der Waals surface area contributed by atoms with E-state index in [2.05, 4.69) is 15.5 Å². The van der Waals surface area contributed by atoms with Gasteiger partial charge in [-0.05, 0) is 24.3 Å². The molecule has 26 heavy (non-hydrogen) atoms. The van der Waals surface area contributed by atoms with Gasteiger partial charge in [-0.2, -0.15) is 0 Å². The molecular formula is C18H13N3O5. The Labute approximate surface area is 147 Å². The number of aldehydes is 1. The van der Waals surface area contributed by atoms with Crippen molar-refractivity contribution in [2.75, 3.05) is 11.9 Å². The quantitative estimate of drug-likeness (QED) is 0.536. The molecule has 3 rings (SSSR count). The van der Waals surface area contributed by atoms with Crippen LogP contribution in [0.3, 0.4) is 0 Å². The standard InChI is InChI=1S/C18H13N3O5/c22-10-12-6-8-14(9-7-12)17(24)25-11-15(23)19-18-21-20-16(26-18)13-4-2-1-3-5-13/h1-10H,11H2,(H,19,21,23). The number of aromatic nitrogens is 2. The van der Waals surface area contributed by atoms with Crippen LogP contribution < -0.4 is 5.32 Å². The number of rotatable bonds is 6. The molecule has 0 bridgehead atoms. The molecule has 1 aromatic heterocycles. The zero-order chi connectivity index (χ0) is 18.4. The van der Waals surface area contributed by atoms with Crippen molar-refractivity contribution < 1.29 is 23.5 Å². The summed E-state index contributed by atoms with van der Waals surface area (Å²) in [4.78, 5) is 34.3. The van der Waals surface area contributed by atoms with Crippen LogP contribution in [0.25, 0.3) is 11.5 Å². The van der Waals surface area contributed by atoms with Crippen LogP contribution in [0.2, 0.25) is 0 Å². The highest BCUT2D eigenvalue weighted by atomic mass is 16.5. The number of carbonyl (C=O) groups excluding carboxylic acids is 3. The lowest BCUT2D eigenvalue weighted by Gasteiger charge is -2.04. The Balaban J connectivity index is 1.53. The van der Waals surface area contributed by atoms with Crippen molar-refractivity contribution in [2.45, 2.75) is 0 Å². The van der Waals surface area contributed by atoms with Gasteiger partial charge in [-0.1, -0.05) is 35.4 Å². The second-order valence-electron chi connectivity index (χ2n) is 5.14. The van der Waals surface area contributed by atoms with E-state index in [4.69, 9.17) is 9.15 Å². The minimum absolute atomic E-state index is 0.0970. The number of nitrogens with one attached hydrogen (secondary N) is 1. The highest BCUT2D eigenvalue weighted by Gasteiger charge is 2.14. The lowest BCUT2D eigenvalue weighted by Crippen LogP contribution is -2.21. The molecule has 8 nitrogen and oxygen atoms in total. The second kappa shape index (κ2) is 7.84. The maximum atomic E-state index is 11.8. The highest BCUT2D eigenvalue weighted by Crippen LogP contribution is 2.18. The van der Waals surface area contributed by atoms with Crippen LogP contribution in [0.1, 0.15) is 20.7 Å². The second-order valence-corrected chi connectivity index (χ2v) is 5.14. The molecule has 0 atom stereocenters. The monoisotopic (exact) mass is 351 g/mol. The number of benzene rings is 2. The summed E-state index contributed by atoms with van der Waals surface area (Å²) in [6, 6.07) is 14.8. The first-order valence-corrected chi connectivity index (χ1v) is 7.57. The summed E-state index contributed by atoms with van der Waals surface area (Å²) in [6.07, 6.45) is 0.663. The molecule has 130 valence electrons. The van der Waals surface area contributed by atoms with Gasteiger partial charge in [0, 0.05) is 11.1 Å². The number of nitrogens with zero attached hydrogens (tertiary/aromatic N) is 2. The van der Waals surface area contributed by atoms with E-state index in [0.29, 0.717) is 17.4 Å². The van der Waals surface area contributed by atoms with E-state index in [-0.39, 0.29) is 17.5 Å². The number of anilines is 1. The van der Waals surface area contributed by atoms with Gasteiger partial charge >= 0.3 is 12.0 Å². The first-order valence-electron chi connectivity index (χ1n) is 7.57. The van der Waals surface area contributed by atoms with Gasteiger partial charge in [-0.3, -0.25) is 14.9 Å². The number of esters is 1. The average Bonchev–Trinajstić information content (AvgIpc) is 3.15. The van der Waals surface area contributed by atoms with Crippen LogP contribution in [0, 0.1) is 0 Å². The van der Waals surface area contributed by atoms with E-state index in [1.165, 1.54) is 24.3 Å². The van der Waals surface area contributed by atoms with Crippen molar-refractivity contribution in [2.24, 2.45) is 0 Å². The predicted molar refractivity (Wildman–Crippen MR) is 90.5 cm³/mol. The van der Waals surface area contributed by atoms with Crippen LogP contribution in [0.4, 0.5) is 6.01 Å². The first kappa shape index (κ1) is 17.0. The number of carbonyl (C=O) groups is 3. The third kappa shape index (κ3) is 4.18. The van der Waals surface area contributed by atoms with Gasteiger partial charge in [0.15, 0.2) is 6.61 Å². The van der Waals surface area contributed by atoms with Gasteiger partial charge in [0.2, 0.25) is 5.89 Å². The molecule has 1 N–H and O–H groups in total. The number of ether oxygens (including phenoxy) is 1. The topological polar surface area (TPSA) is 111 Å². The smallest absolute Gasteiger partial charge is 0.338 e. The number of hydrogen-bond acceptors (Lipinski definition) is 7. The number of hydrogen-bond donors (Lipinski definition) is 1. The van der Waals surface area contributed by atoms with Gasteiger partial charge in [0.05, 0.1) is 5.56 Å². The minimum Gasteiger partial charge on any atom is -0.452 e. The van der Waals surface area contributed by atoms with Crippen LogP contribution in [-0.2, 0) is 9.53 Å². The lowest BCUT2D eigenvalue weighted by molar-refractivity contribution is -0.119. The minimum atomic E-state index is -0.687. The first-order chi connectivity index (χ1) is 12.7. The van der Waals surface area contributed by atoms with Crippen LogP contribution in [0.15, 0.2) is 59.0 Å². The fourth-order valence-electron chi connectivity index (χ4n) is 2.04. The predicted octanol–water partition coefficient (Wildman–Crippen LogP) is 2.34. The summed E-state index contributed by atoms with van der Waals surface area (Å²) in [6.45, 7) is -0.517. The molecular weight excluding hydrogens is 338 g/mol. The fraction of sp³-hybridized carbons (Fsp3) is 0.0556. The average molecular weight is 351 g/mol. The molecule has 0 saturated carbocycles. The van der Waals surface area contributed by atoms with E-state index in [9.17, 15) is 14.4 Å². The Hall–Kier alpha value is -3.81. The summed E-state index contributed by atoms with van der Waals surface area (Å²) in [5, 5.41) is 9.90. The largest absolute Gasteiger partial charge is 0.452 e. The Morgan fingerprint density at radius 2 is 1.77 bits per heavy atom. The van der Waals surface area contributed by atoms with Gasteiger partial charge < -0.3 is 9.15 Å². The molecule has 8 heteroatoms. The van der Waals surface area contributed by atoms with Crippen LogP contribution in [0.5, 0.6) is 0 Å². The molecule has 0 saturated heterocycles. The summed E-state index contributed by atoms with van der Waals surface area (Å²) in [7, 11) is 0. The van der Waals surface area contributed by atoms with Crippen LogP contribution in [-0.4, -0.2) is 35.0 Å². The zero-order valence-corrected chi connectivity index (χ0v) is 13.4. The Morgan fingerprint density at radius 3 is 2.46 bits per heavy atom. The fourth-order valence-corrected chi connectivity index (χ4v) is 2.04. The molecule has 1 heterocycles. The third-order valence-corrected chi connectivity index (χ3v) is 3.31. The highest BCUT2D eigenvalue weighted by molar-refractivity contribution is 5.94. The van der Waals surface area contributed by atoms with Gasteiger partial charge in [0.1, 0.15) is 6.29 Å². The van der Waals surface area contributed by atoms with Crippen LogP contribution >= 0.6 is 0 Å². The molecule has 0 radical (unpaired) electrons. The van der Waals surface area contributed by atoms with Crippen molar-refractivity contribution in [3.05, 3.63) is 65.7 Å². The molecule has 0 aliphatic rings. The van der Waals surface area contributed by atoms with Crippen molar-refractivity contribution in [1.29, 1.82) is 0 Å². The number of amides is 1. The SMILES string of the molecule is O=Cc1ccc(C(=O)OCC(=O)Nc2nnc(-c3ccccc3)o2)cc1. The van der Waals surface area contributed by atoms with E-state index >= 15 is 0 Å². The van der Waals surface area contributed by atoms with Crippen molar-refractivity contribution in [3.8, 4) is 11.5 Å².